The first-order valence-electron chi connectivity index (χ1n) is 12.3. The number of piperazine rings is 1. The summed E-state index contributed by atoms with van der Waals surface area (Å²) >= 11 is 6.49. The number of fused-ring (bicyclic) bond motifs is 2. The Bertz CT molecular complexity index is 1320. The van der Waals surface area contributed by atoms with Crippen LogP contribution in [0.2, 0.25) is 5.02 Å². The van der Waals surface area contributed by atoms with Gasteiger partial charge < -0.3 is 15.0 Å². The maximum Gasteiger partial charge on any atom is 0.228 e. The van der Waals surface area contributed by atoms with Gasteiger partial charge in [-0.15, -0.1) is 0 Å². The molecule has 1 saturated heterocycles. The number of aromatic amines is 1. The standard InChI is InChI=1S/C28H32ClN5O2/c1-17-31-16-23(32-17)26(35)22-14-18-6-5-9-30-24(18)25(20-8-7-19(29)15-21(20)22)33-10-12-34(13-11-33)27(36)28(2,3)4/h5-9,14-16,25-26,35H,10-13H2,1-4H3,(H,31,32). The fourth-order valence-electron chi connectivity index (χ4n) is 5.19. The Balaban J connectivity index is 1.57. The van der Waals surface area contributed by atoms with Crippen molar-refractivity contribution in [2.45, 2.75) is 39.8 Å². The second-order valence-electron chi connectivity index (χ2n) is 10.6. The topological polar surface area (TPSA) is 85.3 Å². The van der Waals surface area contributed by atoms with E-state index in [1.165, 1.54) is 0 Å². The molecule has 188 valence electrons. The minimum atomic E-state index is -0.906. The van der Waals surface area contributed by atoms with Gasteiger partial charge in [-0.2, -0.15) is 0 Å². The number of aromatic nitrogens is 3. The number of carbonyl (C=O) groups is 1. The van der Waals surface area contributed by atoms with E-state index in [1.54, 1.807) is 6.20 Å². The summed E-state index contributed by atoms with van der Waals surface area (Å²) in [5, 5.41) is 12.1. The van der Waals surface area contributed by atoms with Crippen molar-refractivity contribution in [3.05, 3.63) is 81.7 Å². The number of nitrogens with zero attached hydrogens (tertiary/aromatic N) is 4. The van der Waals surface area contributed by atoms with Crippen LogP contribution < -0.4 is 0 Å². The molecule has 8 heteroatoms. The Labute approximate surface area is 216 Å². The molecule has 1 aliphatic heterocycles. The smallest absolute Gasteiger partial charge is 0.228 e. The third kappa shape index (κ3) is 4.59. The van der Waals surface area contributed by atoms with Gasteiger partial charge in [0.05, 0.1) is 23.6 Å². The van der Waals surface area contributed by atoms with Crippen LogP contribution in [-0.2, 0) is 4.79 Å². The Morgan fingerprint density at radius 3 is 2.58 bits per heavy atom. The number of pyridine rings is 1. The maximum absolute atomic E-state index is 12.9. The molecule has 1 aliphatic carbocycles. The summed E-state index contributed by atoms with van der Waals surface area (Å²) in [4.78, 5) is 29.5. The largest absolute Gasteiger partial charge is 0.382 e. The van der Waals surface area contributed by atoms with Gasteiger partial charge in [0.1, 0.15) is 11.9 Å². The fraction of sp³-hybridized carbons (Fsp3) is 0.393. The number of aliphatic hydroxyl groups is 1. The monoisotopic (exact) mass is 505 g/mol. The van der Waals surface area contributed by atoms with Crippen molar-refractivity contribution in [2.24, 2.45) is 5.41 Å². The van der Waals surface area contributed by atoms with Crippen LogP contribution in [0.5, 0.6) is 0 Å². The van der Waals surface area contributed by atoms with Gasteiger partial charge in [-0.05, 0) is 53.5 Å². The van der Waals surface area contributed by atoms with Gasteiger partial charge in [-0.1, -0.05) is 44.5 Å². The molecule has 3 aromatic rings. The number of halogens is 1. The number of carbonyl (C=O) groups excluding carboxylic acids is 1. The average molecular weight is 506 g/mol. The van der Waals surface area contributed by atoms with Crippen LogP contribution in [0.3, 0.4) is 0 Å². The maximum atomic E-state index is 12.9. The number of rotatable bonds is 3. The van der Waals surface area contributed by atoms with Crippen LogP contribution in [0.1, 0.15) is 66.8 Å². The first-order valence-corrected chi connectivity index (χ1v) is 12.7. The normalized spacial score (nSPS) is 19.2. The van der Waals surface area contributed by atoms with Crippen LogP contribution in [0, 0.1) is 12.3 Å². The van der Waals surface area contributed by atoms with E-state index in [0.29, 0.717) is 23.8 Å². The predicted molar refractivity (Wildman–Crippen MR) is 141 cm³/mol. The van der Waals surface area contributed by atoms with Crippen molar-refractivity contribution in [2.75, 3.05) is 26.2 Å². The highest BCUT2D eigenvalue weighted by atomic mass is 35.5. The second-order valence-corrected chi connectivity index (χ2v) is 11.1. The van der Waals surface area contributed by atoms with Crippen LogP contribution in [0.4, 0.5) is 0 Å². The van der Waals surface area contributed by atoms with E-state index >= 15 is 0 Å². The quantitative estimate of drug-likeness (QED) is 0.542. The van der Waals surface area contributed by atoms with Crippen LogP contribution in [0.25, 0.3) is 11.6 Å². The Morgan fingerprint density at radius 2 is 1.92 bits per heavy atom. The molecule has 1 amide bonds. The molecule has 0 saturated carbocycles. The molecule has 5 rings (SSSR count). The van der Waals surface area contributed by atoms with Crippen molar-refractivity contribution in [1.29, 1.82) is 0 Å². The molecule has 2 aromatic heterocycles. The van der Waals surface area contributed by atoms with E-state index in [2.05, 4.69) is 14.9 Å². The second kappa shape index (κ2) is 9.47. The summed E-state index contributed by atoms with van der Waals surface area (Å²) in [6, 6.07) is 9.67. The van der Waals surface area contributed by atoms with Crippen molar-refractivity contribution in [1.82, 2.24) is 24.8 Å². The van der Waals surface area contributed by atoms with Gasteiger partial charge in [0.2, 0.25) is 5.91 Å². The zero-order chi connectivity index (χ0) is 25.6. The molecule has 0 radical (unpaired) electrons. The number of aliphatic hydroxyl groups excluding tert-OH is 1. The number of hydrogen-bond donors (Lipinski definition) is 2. The highest BCUT2D eigenvalue weighted by Crippen LogP contribution is 2.44. The lowest BCUT2D eigenvalue weighted by molar-refractivity contribution is -0.141. The number of amides is 1. The molecule has 1 fully saturated rings. The fourth-order valence-corrected chi connectivity index (χ4v) is 5.36. The number of imidazole rings is 1. The molecular formula is C28H32ClN5O2. The zero-order valence-electron chi connectivity index (χ0n) is 21.1. The average Bonchev–Trinajstić information content (AvgIpc) is 3.23. The van der Waals surface area contributed by atoms with Crippen molar-refractivity contribution >= 4 is 29.2 Å². The summed E-state index contributed by atoms with van der Waals surface area (Å²) in [5.41, 5.74) is 4.78. The number of aryl methyl sites for hydroxylation is 1. The number of benzene rings is 1. The van der Waals surface area contributed by atoms with Crippen LogP contribution in [0.15, 0.2) is 42.7 Å². The highest BCUT2D eigenvalue weighted by molar-refractivity contribution is 6.30. The Morgan fingerprint density at radius 1 is 1.17 bits per heavy atom. The predicted octanol–water partition coefficient (Wildman–Crippen LogP) is 4.63. The molecule has 2 unspecified atom stereocenters. The zero-order valence-corrected chi connectivity index (χ0v) is 21.9. The van der Waals surface area contributed by atoms with E-state index in [-0.39, 0.29) is 11.9 Å². The van der Waals surface area contributed by atoms with Gasteiger partial charge in [-0.3, -0.25) is 14.7 Å². The summed E-state index contributed by atoms with van der Waals surface area (Å²) < 4.78 is 0. The summed E-state index contributed by atoms with van der Waals surface area (Å²) in [7, 11) is 0. The molecule has 2 atom stereocenters. The van der Waals surface area contributed by atoms with E-state index in [0.717, 1.165) is 46.9 Å². The van der Waals surface area contributed by atoms with E-state index < -0.39 is 11.5 Å². The van der Waals surface area contributed by atoms with Crippen molar-refractivity contribution < 1.29 is 9.90 Å². The van der Waals surface area contributed by atoms with E-state index in [4.69, 9.17) is 16.6 Å². The van der Waals surface area contributed by atoms with E-state index in [9.17, 15) is 9.90 Å². The van der Waals surface area contributed by atoms with Gasteiger partial charge in [0.15, 0.2) is 0 Å². The van der Waals surface area contributed by atoms with Gasteiger partial charge in [-0.25, -0.2) is 4.98 Å². The summed E-state index contributed by atoms with van der Waals surface area (Å²) in [6.45, 7) is 10.5. The van der Waals surface area contributed by atoms with E-state index in [1.807, 2.05) is 75.2 Å². The minimum absolute atomic E-state index is 0.134. The van der Waals surface area contributed by atoms with Gasteiger partial charge in [0.25, 0.3) is 0 Å². The molecule has 3 heterocycles. The van der Waals surface area contributed by atoms with Crippen LogP contribution >= 0.6 is 11.6 Å². The van der Waals surface area contributed by atoms with Crippen LogP contribution in [-0.4, -0.2) is 61.9 Å². The third-order valence-corrected chi connectivity index (χ3v) is 7.22. The Hall–Kier alpha value is -3.00. The lowest BCUT2D eigenvalue weighted by atomic mass is 9.91. The van der Waals surface area contributed by atoms with Gasteiger partial charge >= 0.3 is 0 Å². The summed E-state index contributed by atoms with van der Waals surface area (Å²) in [6.07, 6.45) is 4.59. The number of H-pyrrole nitrogens is 1. The first-order chi connectivity index (χ1) is 17.1. The SMILES string of the molecule is Cc1ncc(C(O)C2=Cc3cccnc3C(N3CCN(C(=O)C(C)(C)C)CC3)c3ccc(Cl)cc32)[nH]1. The molecular weight excluding hydrogens is 474 g/mol. The van der Waals surface area contributed by atoms with Gasteiger partial charge in [0, 0.05) is 42.8 Å². The molecule has 7 nitrogen and oxygen atoms in total. The minimum Gasteiger partial charge on any atom is -0.382 e. The molecule has 0 bridgehead atoms. The Kier molecular flexibility index (Phi) is 6.49. The summed E-state index contributed by atoms with van der Waals surface area (Å²) in [5.74, 6) is 0.919. The molecule has 0 spiro atoms. The third-order valence-electron chi connectivity index (χ3n) is 6.98. The molecule has 2 aliphatic rings. The van der Waals surface area contributed by atoms with Crippen molar-refractivity contribution in [3.63, 3.8) is 0 Å². The number of hydrogen-bond acceptors (Lipinski definition) is 5. The molecule has 2 N–H and O–H groups in total. The molecule has 36 heavy (non-hydrogen) atoms. The lowest BCUT2D eigenvalue weighted by Gasteiger charge is -2.41. The molecule has 1 aromatic carbocycles. The highest BCUT2D eigenvalue weighted by Gasteiger charge is 2.36. The van der Waals surface area contributed by atoms with Crippen molar-refractivity contribution in [3.8, 4) is 0 Å². The first kappa shape index (κ1) is 24.7. The number of nitrogens with one attached hydrogen (secondary N) is 1. The lowest BCUT2D eigenvalue weighted by Crippen LogP contribution is -2.52.